The van der Waals surface area contributed by atoms with Crippen molar-refractivity contribution >= 4 is 17.5 Å². The molecule has 132 valence electrons. The average Bonchev–Trinajstić information content (AvgIpc) is 2.54. The molecule has 0 aliphatic carbocycles. The lowest BCUT2D eigenvalue weighted by atomic mass is 10.1. The van der Waals surface area contributed by atoms with Crippen LogP contribution >= 0.6 is 0 Å². The lowest BCUT2D eigenvalue weighted by molar-refractivity contribution is -0.121. The minimum atomic E-state index is -0.0323. The van der Waals surface area contributed by atoms with Gasteiger partial charge in [0.1, 0.15) is 0 Å². The fourth-order valence-electron chi connectivity index (χ4n) is 2.83. The highest BCUT2D eigenvalue weighted by atomic mass is 16.2. The van der Waals surface area contributed by atoms with E-state index >= 15 is 0 Å². The van der Waals surface area contributed by atoms with Gasteiger partial charge in [0.15, 0.2) is 0 Å². The quantitative estimate of drug-likeness (QED) is 0.878. The second-order valence-electron chi connectivity index (χ2n) is 6.48. The first kappa shape index (κ1) is 18.7. The number of hydrogen-bond donors (Lipinski definition) is 1. The Bertz CT molecular complexity index is 768. The summed E-state index contributed by atoms with van der Waals surface area (Å²) in [5, 5.41) is 2.91. The van der Waals surface area contributed by atoms with Crippen LogP contribution in [-0.2, 0) is 16.0 Å². The molecule has 4 nitrogen and oxygen atoms in total. The molecule has 0 unspecified atom stereocenters. The Balaban J connectivity index is 1.94. The minimum Gasteiger partial charge on any atom is -0.354 e. The summed E-state index contributed by atoms with van der Waals surface area (Å²) in [7, 11) is 0. The Labute approximate surface area is 149 Å². The summed E-state index contributed by atoms with van der Waals surface area (Å²) in [5.74, 6) is -0.0586. The van der Waals surface area contributed by atoms with Crippen molar-refractivity contribution in [2.24, 2.45) is 0 Å². The van der Waals surface area contributed by atoms with E-state index in [9.17, 15) is 9.59 Å². The molecule has 0 aromatic heterocycles. The van der Waals surface area contributed by atoms with Gasteiger partial charge < -0.3 is 10.2 Å². The molecule has 0 saturated heterocycles. The SMILES string of the molecule is CC(=O)N(CCNC(=O)Cc1cccc(C)c1)c1cc(C)ccc1C. The highest BCUT2D eigenvalue weighted by Gasteiger charge is 2.14. The summed E-state index contributed by atoms with van der Waals surface area (Å²) in [6, 6.07) is 14.0. The third kappa shape index (κ3) is 5.45. The molecule has 2 rings (SSSR count). The van der Waals surface area contributed by atoms with Gasteiger partial charge in [-0.2, -0.15) is 0 Å². The Hall–Kier alpha value is -2.62. The molecule has 4 heteroatoms. The first-order valence-electron chi connectivity index (χ1n) is 8.54. The van der Waals surface area contributed by atoms with Gasteiger partial charge in [-0.25, -0.2) is 0 Å². The van der Waals surface area contributed by atoms with Gasteiger partial charge in [0, 0.05) is 25.7 Å². The standard InChI is InChI=1S/C21H26N2O2/c1-15-6-5-7-19(12-15)14-21(25)22-10-11-23(18(4)24)20-13-16(2)8-9-17(20)3/h5-9,12-13H,10-11,14H2,1-4H3,(H,22,25). The van der Waals surface area contributed by atoms with Gasteiger partial charge in [0.2, 0.25) is 11.8 Å². The zero-order valence-electron chi connectivity index (χ0n) is 15.4. The Morgan fingerprint density at radius 1 is 1.00 bits per heavy atom. The van der Waals surface area contributed by atoms with E-state index in [-0.39, 0.29) is 11.8 Å². The van der Waals surface area contributed by atoms with E-state index in [2.05, 4.69) is 5.32 Å². The van der Waals surface area contributed by atoms with Crippen LogP contribution < -0.4 is 10.2 Å². The lowest BCUT2D eigenvalue weighted by Gasteiger charge is -2.23. The molecule has 1 N–H and O–H groups in total. The summed E-state index contributed by atoms with van der Waals surface area (Å²) >= 11 is 0. The minimum absolute atomic E-state index is 0.0263. The van der Waals surface area contributed by atoms with Gasteiger partial charge in [-0.3, -0.25) is 9.59 Å². The van der Waals surface area contributed by atoms with Gasteiger partial charge in [0.25, 0.3) is 0 Å². The van der Waals surface area contributed by atoms with E-state index in [4.69, 9.17) is 0 Å². The van der Waals surface area contributed by atoms with Crippen molar-refractivity contribution in [2.45, 2.75) is 34.1 Å². The molecule has 0 fully saturated rings. The highest BCUT2D eigenvalue weighted by Crippen LogP contribution is 2.21. The zero-order valence-corrected chi connectivity index (χ0v) is 15.4. The van der Waals surface area contributed by atoms with Crippen molar-refractivity contribution < 1.29 is 9.59 Å². The number of nitrogens with one attached hydrogen (secondary N) is 1. The van der Waals surface area contributed by atoms with E-state index in [1.54, 1.807) is 11.8 Å². The molecule has 0 atom stereocenters. The Kier molecular flexibility index (Phi) is 6.34. The predicted octanol–water partition coefficient (Wildman–Crippen LogP) is 3.32. The lowest BCUT2D eigenvalue weighted by Crippen LogP contribution is -2.38. The maximum absolute atomic E-state index is 12.1. The molecule has 2 amide bonds. The van der Waals surface area contributed by atoms with Crippen molar-refractivity contribution in [1.29, 1.82) is 0 Å². The van der Waals surface area contributed by atoms with Gasteiger partial charge in [-0.1, -0.05) is 42.0 Å². The Morgan fingerprint density at radius 3 is 2.40 bits per heavy atom. The van der Waals surface area contributed by atoms with Crippen LogP contribution in [0.4, 0.5) is 5.69 Å². The van der Waals surface area contributed by atoms with E-state index < -0.39 is 0 Å². The molecule has 0 aliphatic heterocycles. The van der Waals surface area contributed by atoms with Crippen LogP contribution in [0.1, 0.15) is 29.2 Å². The third-order valence-electron chi connectivity index (χ3n) is 4.14. The number of benzene rings is 2. The van der Waals surface area contributed by atoms with Crippen LogP contribution in [-0.4, -0.2) is 24.9 Å². The van der Waals surface area contributed by atoms with Crippen LogP contribution in [0.25, 0.3) is 0 Å². The smallest absolute Gasteiger partial charge is 0.224 e. The van der Waals surface area contributed by atoms with Crippen molar-refractivity contribution in [3.63, 3.8) is 0 Å². The number of carbonyl (C=O) groups excluding carboxylic acids is 2. The summed E-state index contributed by atoms with van der Waals surface area (Å²) in [4.78, 5) is 25.9. The summed E-state index contributed by atoms with van der Waals surface area (Å²) in [6.45, 7) is 8.44. The molecule has 0 bridgehead atoms. The number of anilines is 1. The molecule has 0 aliphatic rings. The Morgan fingerprint density at radius 2 is 1.72 bits per heavy atom. The molecule has 0 spiro atoms. The largest absolute Gasteiger partial charge is 0.354 e. The summed E-state index contributed by atoms with van der Waals surface area (Å²) < 4.78 is 0. The fraction of sp³-hybridized carbons (Fsp3) is 0.333. The number of nitrogens with zero attached hydrogens (tertiary/aromatic N) is 1. The van der Waals surface area contributed by atoms with Crippen molar-refractivity contribution in [3.8, 4) is 0 Å². The van der Waals surface area contributed by atoms with E-state index in [1.165, 1.54) is 0 Å². The maximum Gasteiger partial charge on any atom is 0.224 e. The molecule has 0 saturated carbocycles. The number of rotatable bonds is 6. The van der Waals surface area contributed by atoms with E-state index in [1.807, 2.05) is 63.2 Å². The van der Waals surface area contributed by atoms with Crippen LogP contribution in [0.2, 0.25) is 0 Å². The predicted molar refractivity (Wildman–Crippen MR) is 102 cm³/mol. The van der Waals surface area contributed by atoms with Crippen molar-refractivity contribution in [3.05, 3.63) is 64.7 Å². The molecule has 0 heterocycles. The zero-order chi connectivity index (χ0) is 18.4. The molecule has 2 aromatic carbocycles. The van der Waals surface area contributed by atoms with E-state index in [0.717, 1.165) is 27.9 Å². The fourth-order valence-corrected chi connectivity index (χ4v) is 2.83. The molecule has 2 aromatic rings. The summed E-state index contributed by atoms with van der Waals surface area (Å²) in [6.07, 6.45) is 0.352. The van der Waals surface area contributed by atoms with Crippen molar-refractivity contribution in [1.82, 2.24) is 5.32 Å². The maximum atomic E-state index is 12.1. The number of aryl methyl sites for hydroxylation is 3. The van der Waals surface area contributed by atoms with Crippen LogP contribution in [0, 0.1) is 20.8 Å². The second kappa shape index (κ2) is 8.47. The number of amides is 2. The molecule has 25 heavy (non-hydrogen) atoms. The normalized spacial score (nSPS) is 10.4. The van der Waals surface area contributed by atoms with Gasteiger partial charge in [-0.05, 0) is 43.5 Å². The van der Waals surface area contributed by atoms with Crippen LogP contribution in [0.3, 0.4) is 0 Å². The average molecular weight is 338 g/mol. The summed E-state index contributed by atoms with van der Waals surface area (Å²) in [5.41, 5.74) is 5.20. The van der Waals surface area contributed by atoms with E-state index in [0.29, 0.717) is 19.5 Å². The monoisotopic (exact) mass is 338 g/mol. The van der Waals surface area contributed by atoms with Crippen LogP contribution in [0.5, 0.6) is 0 Å². The second-order valence-corrected chi connectivity index (χ2v) is 6.48. The molecule has 0 radical (unpaired) electrons. The number of carbonyl (C=O) groups is 2. The third-order valence-corrected chi connectivity index (χ3v) is 4.14. The molecular formula is C21H26N2O2. The van der Waals surface area contributed by atoms with Gasteiger partial charge in [-0.15, -0.1) is 0 Å². The van der Waals surface area contributed by atoms with Gasteiger partial charge in [0.05, 0.1) is 6.42 Å². The topological polar surface area (TPSA) is 49.4 Å². The highest BCUT2D eigenvalue weighted by molar-refractivity contribution is 5.92. The first-order valence-corrected chi connectivity index (χ1v) is 8.54. The first-order chi connectivity index (χ1) is 11.9. The van der Waals surface area contributed by atoms with Gasteiger partial charge >= 0.3 is 0 Å². The molecular weight excluding hydrogens is 312 g/mol. The number of hydrogen-bond acceptors (Lipinski definition) is 2. The van der Waals surface area contributed by atoms with Crippen LogP contribution in [0.15, 0.2) is 42.5 Å². The van der Waals surface area contributed by atoms with Crippen molar-refractivity contribution in [2.75, 3.05) is 18.0 Å².